The molecule has 1 N–H and O–H groups in total. The molecule has 2 heterocycles. The molecule has 0 aromatic carbocycles. The van der Waals surface area contributed by atoms with E-state index in [0.717, 1.165) is 6.04 Å². The van der Waals surface area contributed by atoms with E-state index in [9.17, 15) is 0 Å². The number of hydrogen-bond donors (Lipinski definition) is 1. The zero-order valence-electron chi connectivity index (χ0n) is 8.90. The minimum atomic E-state index is 0.760. The van der Waals surface area contributed by atoms with Gasteiger partial charge in [0.05, 0.1) is 6.04 Å². The van der Waals surface area contributed by atoms with E-state index in [1.54, 1.807) is 25.8 Å². The molecule has 1 aliphatic rings. The van der Waals surface area contributed by atoms with Crippen molar-refractivity contribution in [2.24, 2.45) is 0 Å². The molecule has 0 saturated heterocycles. The molecule has 0 atom stereocenters. The molecule has 0 radical (unpaired) electrons. The lowest BCUT2D eigenvalue weighted by Crippen LogP contribution is -3.10. The maximum absolute atomic E-state index is 2.31. The van der Waals surface area contributed by atoms with Crippen LogP contribution >= 0.6 is 11.3 Å². The first kappa shape index (κ1) is 9.22. The Morgan fingerprint density at radius 2 is 1.54 bits per heavy atom. The molecule has 0 amide bonds. The lowest BCUT2D eigenvalue weighted by Gasteiger charge is -2.16. The van der Waals surface area contributed by atoms with Crippen molar-refractivity contribution in [2.75, 3.05) is 0 Å². The van der Waals surface area contributed by atoms with E-state index in [1.165, 1.54) is 13.1 Å². The Kier molecular flexibility index (Phi) is 2.20. The van der Waals surface area contributed by atoms with Crippen LogP contribution in [0.3, 0.4) is 0 Å². The van der Waals surface area contributed by atoms with E-state index in [4.69, 9.17) is 0 Å². The van der Waals surface area contributed by atoms with E-state index in [0.29, 0.717) is 0 Å². The molecule has 0 unspecified atom stereocenters. The van der Waals surface area contributed by atoms with Gasteiger partial charge in [-0.3, -0.25) is 0 Å². The molecule has 2 heteroatoms. The quantitative estimate of drug-likeness (QED) is 0.697. The van der Waals surface area contributed by atoms with Gasteiger partial charge in [0.1, 0.15) is 13.1 Å². The highest BCUT2D eigenvalue weighted by atomic mass is 32.1. The zero-order valence-corrected chi connectivity index (χ0v) is 9.72. The van der Waals surface area contributed by atoms with Crippen LogP contribution in [0.1, 0.15) is 34.7 Å². The minimum Gasteiger partial charge on any atom is -0.325 e. The van der Waals surface area contributed by atoms with Crippen molar-refractivity contribution < 1.29 is 4.90 Å². The molecule has 0 bridgehead atoms. The maximum Gasteiger partial charge on any atom is 0.105 e. The van der Waals surface area contributed by atoms with Gasteiger partial charge in [0.25, 0.3) is 0 Å². The molecule has 0 aliphatic carbocycles. The van der Waals surface area contributed by atoms with Crippen LogP contribution in [-0.2, 0) is 13.1 Å². The highest BCUT2D eigenvalue weighted by molar-refractivity contribution is 7.12. The second kappa shape index (κ2) is 3.10. The third-order valence-corrected chi connectivity index (χ3v) is 4.25. The summed E-state index contributed by atoms with van der Waals surface area (Å²) in [5.74, 6) is 0. The fourth-order valence-electron chi connectivity index (χ4n) is 2.17. The summed E-state index contributed by atoms with van der Waals surface area (Å²) in [6.07, 6.45) is 0. The van der Waals surface area contributed by atoms with Gasteiger partial charge in [-0.15, -0.1) is 11.3 Å². The van der Waals surface area contributed by atoms with Crippen LogP contribution in [0.25, 0.3) is 0 Å². The molecule has 72 valence electrons. The molecule has 13 heavy (non-hydrogen) atoms. The normalized spacial score (nSPS) is 17.0. The number of quaternary nitrogens is 1. The molecule has 1 nitrogen and oxygen atoms in total. The highest BCUT2D eigenvalue weighted by Crippen LogP contribution is 2.28. The number of fused-ring (bicyclic) bond motifs is 1. The number of thiophene rings is 1. The summed E-state index contributed by atoms with van der Waals surface area (Å²) in [7, 11) is 0. The summed E-state index contributed by atoms with van der Waals surface area (Å²) in [6.45, 7) is 11.7. The van der Waals surface area contributed by atoms with Crippen molar-refractivity contribution in [1.29, 1.82) is 0 Å². The minimum absolute atomic E-state index is 0.760. The summed E-state index contributed by atoms with van der Waals surface area (Å²) in [4.78, 5) is 4.82. The molecule has 0 fully saturated rings. The van der Waals surface area contributed by atoms with E-state index < -0.39 is 0 Å². The fourth-order valence-corrected chi connectivity index (χ4v) is 3.26. The summed E-state index contributed by atoms with van der Waals surface area (Å²) in [5.41, 5.74) is 3.29. The summed E-state index contributed by atoms with van der Waals surface area (Å²) >= 11 is 1.97. The van der Waals surface area contributed by atoms with Crippen molar-refractivity contribution in [3.8, 4) is 0 Å². The van der Waals surface area contributed by atoms with Gasteiger partial charge in [0.2, 0.25) is 0 Å². The Balaban J connectivity index is 2.31. The standard InChI is InChI=1S/C11H17NS/c1-7(2)12-5-10-8(3)13-9(4)11(10)6-12/h7H,5-6H2,1-4H3/p+1. The first-order chi connectivity index (χ1) is 6.09. The van der Waals surface area contributed by atoms with Gasteiger partial charge in [-0.2, -0.15) is 0 Å². The smallest absolute Gasteiger partial charge is 0.105 e. The summed E-state index contributed by atoms with van der Waals surface area (Å²) < 4.78 is 0. The number of rotatable bonds is 1. The number of hydrogen-bond acceptors (Lipinski definition) is 1. The third kappa shape index (κ3) is 1.42. The van der Waals surface area contributed by atoms with Crippen LogP contribution in [0.15, 0.2) is 0 Å². The third-order valence-electron chi connectivity index (χ3n) is 3.14. The first-order valence-corrected chi connectivity index (χ1v) is 5.83. The average molecular weight is 196 g/mol. The second-order valence-corrected chi connectivity index (χ2v) is 5.77. The number of nitrogens with one attached hydrogen (secondary N) is 1. The highest BCUT2D eigenvalue weighted by Gasteiger charge is 2.29. The number of aryl methyl sites for hydroxylation is 2. The van der Waals surface area contributed by atoms with Gasteiger partial charge in [-0.1, -0.05) is 0 Å². The lowest BCUT2D eigenvalue weighted by molar-refractivity contribution is -0.941. The average Bonchev–Trinajstić information content (AvgIpc) is 2.55. The van der Waals surface area contributed by atoms with Gasteiger partial charge in [0, 0.05) is 20.9 Å². The summed E-state index contributed by atoms with van der Waals surface area (Å²) in [6, 6.07) is 0.760. The molecular formula is C11H18NS+. The van der Waals surface area contributed by atoms with Crippen LogP contribution in [-0.4, -0.2) is 6.04 Å². The molecule has 0 saturated carbocycles. The van der Waals surface area contributed by atoms with Crippen LogP contribution in [0.2, 0.25) is 0 Å². The Morgan fingerprint density at radius 3 is 1.92 bits per heavy atom. The predicted octanol–water partition coefficient (Wildman–Crippen LogP) is 1.67. The van der Waals surface area contributed by atoms with Gasteiger partial charge < -0.3 is 4.90 Å². The predicted molar refractivity (Wildman–Crippen MR) is 57.3 cm³/mol. The van der Waals surface area contributed by atoms with Gasteiger partial charge in [-0.05, 0) is 27.7 Å². The lowest BCUT2D eigenvalue weighted by atomic mass is 10.2. The van der Waals surface area contributed by atoms with Crippen molar-refractivity contribution in [3.05, 3.63) is 20.9 Å². The topological polar surface area (TPSA) is 4.44 Å². The molecule has 1 aromatic rings. The van der Waals surface area contributed by atoms with Gasteiger partial charge in [0.15, 0.2) is 0 Å². The molecule has 0 spiro atoms. The van der Waals surface area contributed by atoms with E-state index >= 15 is 0 Å². The van der Waals surface area contributed by atoms with Gasteiger partial charge >= 0.3 is 0 Å². The first-order valence-electron chi connectivity index (χ1n) is 5.02. The van der Waals surface area contributed by atoms with Crippen molar-refractivity contribution >= 4 is 11.3 Å². The molecular weight excluding hydrogens is 178 g/mol. The fraction of sp³-hybridized carbons (Fsp3) is 0.636. The van der Waals surface area contributed by atoms with Crippen LogP contribution < -0.4 is 4.90 Å². The van der Waals surface area contributed by atoms with Crippen molar-refractivity contribution in [2.45, 2.75) is 46.8 Å². The molecule has 1 aliphatic heterocycles. The Bertz CT molecular complexity index is 299. The van der Waals surface area contributed by atoms with Crippen LogP contribution in [0.5, 0.6) is 0 Å². The Morgan fingerprint density at radius 1 is 1.08 bits per heavy atom. The SMILES string of the molecule is Cc1sc(C)c2c1C[NH+](C(C)C)C2. The maximum atomic E-state index is 2.31. The summed E-state index contributed by atoms with van der Waals surface area (Å²) in [5, 5.41) is 0. The zero-order chi connectivity index (χ0) is 9.59. The second-order valence-electron chi connectivity index (χ2n) is 4.34. The van der Waals surface area contributed by atoms with Crippen LogP contribution in [0.4, 0.5) is 0 Å². The van der Waals surface area contributed by atoms with E-state index in [-0.39, 0.29) is 0 Å². The molecule has 2 rings (SSSR count). The van der Waals surface area contributed by atoms with Crippen molar-refractivity contribution in [3.63, 3.8) is 0 Å². The van der Waals surface area contributed by atoms with E-state index in [2.05, 4.69) is 27.7 Å². The largest absolute Gasteiger partial charge is 0.325 e. The van der Waals surface area contributed by atoms with Gasteiger partial charge in [-0.25, -0.2) is 0 Å². The Labute approximate surface area is 84.4 Å². The van der Waals surface area contributed by atoms with Crippen molar-refractivity contribution in [1.82, 2.24) is 0 Å². The Hall–Kier alpha value is -0.340. The monoisotopic (exact) mass is 196 g/mol. The van der Waals surface area contributed by atoms with E-state index in [1.807, 2.05) is 11.3 Å². The molecule has 1 aromatic heterocycles. The van der Waals surface area contributed by atoms with Crippen LogP contribution in [0, 0.1) is 13.8 Å².